The zero-order valence-corrected chi connectivity index (χ0v) is 9.62. The van der Waals surface area contributed by atoms with Crippen molar-refractivity contribution < 1.29 is 14.8 Å². The Kier molecular flexibility index (Phi) is 4.57. The van der Waals surface area contributed by atoms with Crippen molar-refractivity contribution in [3.05, 3.63) is 38.9 Å². The van der Waals surface area contributed by atoms with E-state index in [9.17, 15) is 14.9 Å². The summed E-state index contributed by atoms with van der Waals surface area (Å²) in [5.41, 5.74) is 0.394. The van der Waals surface area contributed by atoms with Crippen molar-refractivity contribution in [3.63, 3.8) is 0 Å². The van der Waals surface area contributed by atoms with E-state index >= 15 is 0 Å². The second-order valence-electron chi connectivity index (χ2n) is 2.92. The van der Waals surface area contributed by atoms with Crippen molar-refractivity contribution in [3.8, 4) is 0 Å². The van der Waals surface area contributed by atoms with Gasteiger partial charge in [0.25, 0.3) is 5.69 Å². The normalized spacial score (nSPS) is 10.1. The molecule has 1 aromatic carbocycles. The highest BCUT2D eigenvalue weighted by Crippen LogP contribution is 2.26. The fraction of sp³-hybridized carbons (Fsp3) is 0.222. The number of carbonyl (C=O) groups is 1. The van der Waals surface area contributed by atoms with E-state index in [4.69, 9.17) is 16.7 Å². The number of carboxylic acids is 1. The van der Waals surface area contributed by atoms with Gasteiger partial charge in [0.05, 0.1) is 10.7 Å². The number of rotatable bonds is 5. The summed E-state index contributed by atoms with van der Waals surface area (Å²) >= 11 is 6.74. The molecular weight excluding hydrogens is 254 g/mol. The van der Waals surface area contributed by atoms with E-state index in [1.54, 1.807) is 6.07 Å². The molecule has 0 aliphatic carbocycles. The van der Waals surface area contributed by atoms with E-state index in [1.807, 2.05) is 0 Å². The van der Waals surface area contributed by atoms with Gasteiger partial charge in [-0.2, -0.15) is 0 Å². The van der Waals surface area contributed by atoms with Crippen LogP contribution in [0.3, 0.4) is 0 Å². The first-order chi connectivity index (χ1) is 7.50. The number of hydrogen-bond acceptors (Lipinski definition) is 4. The largest absolute Gasteiger partial charge is 0.481 e. The van der Waals surface area contributed by atoms with Crippen molar-refractivity contribution >= 4 is 35.0 Å². The van der Waals surface area contributed by atoms with Crippen molar-refractivity contribution in [1.29, 1.82) is 0 Å². The molecule has 0 amide bonds. The van der Waals surface area contributed by atoms with Crippen LogP contribution in [0.25, 0.3) is 0 Å². The average molecular weight is 262 g/mol. The standard InChI is InChI=1S/C9H8ClNO4S/c10-7-2-1-6(4-16-5-9(12)13)8(3-7)11(14)15/h1-3H,4-5H2,(H,12,13). The molecule has 1 N–H and O–H groups in total. The van der Waals surface area contributed by atoms with E-state index < -0.39 is 10.9 Å². The van der Waals surface area contributed by atoms with Crippen LogP contribution in [0.5, 0.6) is 0 Å². The highest BCUT2D eigenvalue weighted by molar-refractivity contribution is 7.99. The zero-order chi connectivity index (χ0) is 12.1. The number of hydrogen-bond donors (Lipinski definition) is 1. The Morgan fingerprint density at radius 2 is 2.25 bits per heavy atom. The second kappa shape index (κ2) is 5.72. The zero-order valence-electron chi connectivity index (χ0n) is 8.05. The molecular formula is C9H8ClNO4S. The lowest BCUT2D eigenvalue weighted by molar-refractivity contribution is -0.385. The SMILES string of the molecule is O=C(O)CSCc1ccc(Cl)cc1[N+](=O)[O-]. The number of thioether (sulfide) groups is 1. The third-order valence-electron chi connectivity index (χ3n) is 1.73. The molecule has 5 nitrogen and oxygen atoms in total. The highest BCUT2D eigenvalue weighted by atomic mass is 35.5. The molecule has 0 heterocycles. The molecule has 0 atom stereocenters. The van der Waals surface area contributed by atoms with Gasteiger partial charge in [0.1, 0.15) is 0 Å². The smallest absolute Gasteiger partial charge is 0.313 e. The molecule has 1 rings (SSSR count). The Morgan fingerprint density at radius 3 is 2.81 bits per heavy atom. The number of carboxylic acid groups (broad SMARTS) is 1. The summed E-state index contributed by atoms with van der Waals surface area (Å²) in [6.45, 7) is 0. The monoisotopic (exact) mass is 261 g/mol. The fourth-order valence-electron chi connectivity index (χ4n) is 1.08. The number of aliphatic carboxylic acids is 1. The van der Waals surface area contributed by atoms with Crippen molar-refractivity contribution in [2.24, 2.45) is 0 Å². The first kappa shape index (κ1) is 12.8. The molecule has 1 aromatic rings. The minimum absolute atomic E-state index is 0.0783. The lowest BCUT2D eigenvalue weighted by Crippen LogP contribution is -1.99. The summed E-state index contributed by atoms with van der Waals surface area (Å²) in [7, 11) is 0. The Bertz CT molecular complexity index is 424. The molecule has 0 aliphatic rings. The van der Waals surface area contributed by atoms with Gasteiger partial charge in [-0.25, -0.2) is 0 Å². The quantitative estimate of drug-likeness (QED) is 0.651. The summed E-state index contributed by atoms with van der Waals surface area (Å²) in [4.78, 5) is 20.5. The average Bonchev–Trinajstić information content (AvgIpc) is 2.19. The number of benzene rings is 1. The number of nitrogens with zero attached hydrogens (tertiary/aromatic N) is 1. The van der Waals surface area contributed by atoms with E-state index in [-0.39, 0.29) is 17.2 Å². The van der Waals surface area contributed by atoms with Gasteiger partial charge in [-0.1, -0.05) is 11.6 Å². The Balaban J connectivity index is 2.78. The van der Waals surface area contributed by atoms with Crippen LogP contribution < -0.4 is 0 Å². The van der Waals surface area contributed by atoms with Crippen LogP contribution in [-0.4, -0.2) is 21.8 Å². The first-order valence-electron chi connectivity index (χ1n) is 4.23. The minimum Gasteiger partial charge on any atom is -0.481 e. The van der Waals surface area contributed by atoms with Crippen molar-refractivity contribution in [2.45, 2.75) is 5.75 Å². The van der Waals surface area contributed by atoms with Crippen LogP contribution in [0.1, 0.15) is 5.56 Å². The van der Waals surface area contributed by atoms with Crippen molar-refractivity contribution in [1.82, 2.24) is 0 Å². The predicted molar refractivity (Wildman–Crippen MR) is 61.9 cm³/mol. The predicted octanol–water partition coefficient (Wildman–Crippen LogP) is 2.57. The maximum Gasteiger partial charge on any atom is 0.313 e. The van der Waals surface area contributed by atoms with Crippen LogP contribution in [0.2, 0.25) is 5.02 Å². The van der Waals surface area contributed by atoms with Gasteiger partial charge in [0.15, 0.2) is 0 Å². The van der Waals surface area contributed by atoms with E-state index in [2.05, 4.69) is 0 Å². The molecule has 0 bridgehead atoms. The molecule has 0 unspecified atom stereocenters. The molecule has 0 aliphatic heterocycles. The summed E-state index contributed by atoms with van der Waals surface area (Å²) in [6, 6.07) is 4.35. The molecule has 0 saturated carbocycles. The third kappa shape index (κ3) is 3.71. The van der Waals surface area contributed by atoms with Crippen LogP contribution in [0, 0.1) is 10.1 Å². The summed E-state index contributed by atoms with van der Waals surface area (Å²) in [6.07, 6.45) is 0. The van der Waals surface area contributed by atoms with Crippen molar-refractivity contribution in [2.75, 3.05) is 5.75 Å². The van der Waals surface area contributed by atoms with Gasteiger partial charge in [-0.15, -0.1) is 11.8 Å². The molecule has 0 spiro atoms. The first-order valence-corrected chi connectivity index (χ1v) is 5.76. The Hall–Kier alpha value is -1.27. The Morgan fingerprint density at radius 1 is 1.56 bits per heavy atom. The van der Waals surface area contributed by atoms with Gasteiger partial charge >= 0.3 is 5.97 Å². The van der Waals surface area contributed by atoms with Gasteiger partial charge in [0, 0.05) is 22.4 Å². The topological polar surface area (TPSA) is 80.4 Å². The van der Waals surface area contributed by atoms with Gasteiger partial charge in [-0.3, -0.25) is 14.9 Å². The number of nitro benzene ring substituents is 1. The second-order valence-corrected chi connectivity index (χ2v) is 4.34. The van der Waals surface area contributed by atoms with Crippen LogP contribution >= 0.6 is 23.4 Å². The number of nitro groups is 1. The summed E-state index contributed by atoms with van der Waals surface area (Å²) in [5.74, 6) is -0.749. The van der Waals surface area contributed by atoms with Gasteiger partial charge in [-0.05, 0) is 12.1 Å². The molecule has 0 aromatic heterocycles. The number of halogens is 1. The van der Waals surface area contributed by atoms with Crippen LogP contribution in [0.4, 0.5) is 5.69 Å². The van der Waals surface area contributed by atoms with Gasteiger partial charge < -0.3 is 5.11 Å². The van der Waals surface area contributed by atoms with Crippen LogP contribution in [0.15, 0.2) is 18.2 Å². The minimum atomic E-state index is -0.943. The van der Waals surface area contributed by atoms with E-state index in [0.29, 0.717) is 10.6 Å². The molecule has 0 saturated heterocycles. The highest BCUT2D eigenvalue weighted by Gasteiger charge is 2.14. The molecule has 7 heteroatoms. The van der Waals surface area contributed by atoms with Crippen LogP contribution in [-0.2, 0) is 10.5 Å². The Labute approximate surface area is 101 Å². The molecule has 0 fully saturated rings. The maximum absolute atomic E-state index is 10.7. The van der Waals surface area contributed by atoms with E-state index in [0.717, 1.165) is 11.8 Å². The van der Waals surface area contributed by atoms with E-state index in [1.165, 1.54) is 12.1 Å². The lowest BCUT2D eigenvalue weighted by Gasteiger charge is -2.02. The summed E-state index contributed by atoms with van der Waals surface area (Å²) in [5, 5.41) is 19.4. The molecule has 16 heavy (non-hydrogen) atoms. The molecule has 86 valence electrons. The molecule has 0 radical (unpaired) electrons. The lowest BCUT2D eigenvalue weighted by atomic mass is 10.2. The maximum atomic E-state index is 10.7. The fourth-order valence-corrected chi connectivity index (χ4v) is 1.98. The summed E-state index contributed by atoms with van der Waals surface area (Å²) < 4.78 is 0. The van der Waals surface area contributed by atoms with Gasteiger partial charge in [0.2, 0.25) is 0 Å². The third-order valence-corrected chi connectivity index (χ3v) is 2.93.